The van der Waals surface area contributed by atoms with Crippen molar-refractivity contribution in [3.8, 4) is 23.8 Å². The third-order valence-electron chi connectivity index (χ3n) is 5.36. The molecule has 3 rings (SSSR count). The molecule has 0 bridgehead atoms. The van der Waals surface area contributed by atoms with Crippen molar-refractivity contribution in [2.75, 3.05) is 20.3 Å². The fourth-order valence-corrected chi connectivity index (χ4v) is 3.44. The summed E-state index contributed by atoms with van der Waals surface area (Å²) in [6, 6.07) is 16.7. The van der Waals surface area contributed by atoms with Crippen molar-refractivity contribution < 1.29 is 23.8 Å². The number of hydrogen-bond acceptors (Lipinski definition) is 6. The van der Waals surface area contributed by atoms with Crippen LogP contribution in [0.2, 0.25) is 0 Å². The normalized spacial score (nSPS) is 19.9. The van der Waals surface area contributed by atoms with Gasteiger partial charge < -0.3 is 19.0 Å². The van der Waals surface area contributed by atoms with Crippen LogP contribution < -0.4 is 4.74 Å². The Morgan fingerprint density at radius 1 is 1.16 bits per heavy atom. The first kappa shape index (κ1) is 22.4. The second kappa shape index (κ2) is 10.1. The number of ether oxygens (including phenoxy) is 3. The minimum atomic E-state index is -0.807. The number of carbonyl (C=O) groups is 1. The fraction of sp³-hybridized carbons (Fsp3) is 0.360. The molecular formula is C25H27NO5. The van der Waals surface area contributed by atoms with E-state index in [1.165, 1.54) is 0 Å². The molecule has 0 N–H and O–H groups in total. The number of rotatable bonds is 10. The van der Waals surface area contributed by atoms with Crippen molar-refractivity contribution in [2.45, 2.75) is 20.0 Å². The van der Waals surface area contributed by atoms with Crippen molar-refractivity contribution >= 4 is 12.2 Å². The van der Waals surface area contributed by atoms with Crippen LogP contribution in [0.25, 0.3) is 0 Å². The van der Waals surface area contributed by atoms with Gasteiger partial charge in [-0.15, -0.1) is 6.42 Å². The maximum Gasteiger partial charge on any atom is 0.311 e. The van der Waals surface area contributed by atoms with Crippen LogP contribution in [-0.4, -0.2) is 32.5 Å². The lowest BCUT2D eigenvalue weighted by molar-refractivity contribution is -0.149. The molecule has 0 radical (unpaired) electrons. The Labute approximate surface area is 183 Å². The molecule has 2 aromatic carbocycles. The minimum Gasteiger partial charge on any atom is -0.457 e. The van der Waals surface area contributed by atoms with Gasteiger partial charge in [-0.05, 0) is 29.7 Å². The molecule has 1 fully saturated rings. The van der Waals surface area contributed by atoms with E-state index in [0.717, 1.165) is 0 Å². The van der Waals surface area contributed by atoms with E-state index >= 15 is 0 Å². The van der Waals surface area contributed by atoms with E-state index in [4.69, 9.17) is 25.5 Å². The number of para-hydroxylation sites is 1. The third kappa shape index (κ3) is 5.65. The molecule has 0 saturated heterocycles. The van der Waals surface area contributed by atoms with Crippen molar-refractivity contribution in [2.24, 2.45) is 22.4 Å². The highest BCUT2D eigenvalue weighted by Crippen LogP contribution is 2.58. The van der Waals surface area contributed by atoms with Gasteiger partial charge in [0.15, 0.2) is 6.10 Å². The van der Waals surface area contributed by atoms with Crippen LogP contribution in [0, 0.1) is 29.6 Å². The van der Waals surface area contributed by atoms with Gasteiger partial charge in [0, 0.05) is 24.8 Å². The minimum absolute atomic E-state index is 0.0753. The summed E-state index contributed by atoms with van der Waals surface area (Å²) in [5.41, 5.74) is 0.402. The summed E-state index contributed by atoms with van der Waals surface area (Å²) in [5, 5.41) is 3.94. The molecule has 1 saturated carbocycles. The van der Waals surface area contributed by atoms with E-state index in [1.807, 2.05) is 62.4 Å². The molecule has 1 aliphatic rings. The van der Waals surface area contributed by atoms with Gasteiger partial charge in [0.2, 0.25) is 0 Å². The van der Waals surface area contributed by atoms with Crippen molar-refractivity contribution in [3.63, 3.8) is 0 Å². The van der Waals surface area contributed by atoms with E-state index in [2.05, 4.69) is 11.1 Å². The lowest BCUT2D eigenvalue weighted by Crippen LogP contribution is -2.14. The molecule has 6 nitrogen and oxygen atoms in total. The van der Waals surface area contributed by atoms with E-state index < -0.39 is 6.10 Å². The smallest absolute Gasteiger partial charge is 0.311 e. The molecule has 3 atom stereocenters. The van der Waals surface area contributed by atoms with Crippen LogP contribution in [-0.2, 0) is 19.1 Å². The number of oxime groups is 1. The number of carbonyl (C=O) groups excluding carboxylic acids is 1. The van der Waals surface area contributed by atoms with Crippen LogP contribution >= 0.6 is 0 Å². The highest BCUT2D eigenvalue weighted by molar-refractivity contribution is 5.85. The summed E-state index contributed by atoms with van der Waals surface area (Å²) in [4.78, 5) is 17.9. The van der Waals surface area contributed by atoms with Crippen molar-refractivity contribution in [1.82, 2.24) is 0 Å². The van der Waals surface area contributed by atoms with E-state index in [1.54, 1.807) is 19.4 Å². The quantitative estimate of drug-likeness (QED) is 0.184. The first-order valence-electron chi connectivity index (χ1n) is 10.1. The number of benzene rings is 2. The Kier molecular flexibility index (Phi) is 7.32. The lowest BCUT2D eigenvalue weighted by atomic mass is 10.1. The van der Waals surface area contributed by atoms with Crippen LogP contribution in [0.1, 0.15) is 25.5 Å². The van der Waals surface area contributed by atoms with Gasteiger partial charge in [0.05, 0.1) is 12.5 Å². The zero-order valence-electron chi connectivity index (χ0n) is 18.0. The van der Waals surface area contributed by atoms with E-state index in [9.17, 15) is 4.79 Å². The van der Waals surface area contributed by atoms with Crippen LogP contribution in [0.5, 0.6) is 11.5 Å². The molecule has 162 valence electrons. The van der Waals surface area contributed by atoms with Crippen LogP contribution in [0.15, 0.2) is 59.8 Å². The average molecular weight is 421 g/mol. The molecule has 0 aliphatic heterocycles. The zero-order chi connectivity index (χ0) is 22.3. The second-order valence-electron chi connectivity index (χ2n) is 7.88. The molecule has 3 unspecified atom stereocenters. The van der Waals surface area contributed by atoms with Gasteiger partial charge in [-0.25, -0.2) is 0 Å². The molecular weight excluding hydrogens is 394 g/mol. The van der Waals surface area contributed by atoms with Crippen molar-refractivity contribution in [3.05, 3.63) is 60.2 Å². The van der Waals surface area contributed by atoms with Gasteiger partial charge in [-0.3, -0.25) is 4.79 Å². The van der Waals surface area contributed by atoms with Gasteiger partial charge in [0.25, 0.3) is 0 Å². The van der Waals surface area contributed by atoms with E-state index in [0.29, 0.717) is 30.3 Å². The Morgan fingerprint density at radius 2 is 1.90 bits per heavy atom. The maximum absolute atomic E-state index is 12.8. The summed E-state index contributed by atoms with van der Waals surface area (Å²) >= 11 is 0. The second-order valence-corrected chi connectivity index (χ2v) is 7.88. The SMILES string of the molecule is C#CC(OC(=O)C1C(C=NOCCOC)C1(C)C)c1cccc(Oc2ccccc2)c1. The topological polar surface area (TPSA) is 66.4 Å². The number of methoxy groups -OCH3 is 1. The Bertz CT molecular complexity index is 948. The summed E-state index contributed by atoms with van der Waals surface area (Å²) < 4.78 is 16.4. The molecule has 31 heavy (non-hydrogen) atoms. The highest BCUT2D eigenvalue weighted by Gasteiger charge is 2.62. The molecule has 2 aromatic rings. The molecule has 1 aliphatic carbocycles. The number of nitrogens with zero attached hydrogens (tertiary/aromatic N) is 1. The summed E-state index contributed by atoms with van der Waals surface area (Å²) in [6.45, 7) is 4.79. The average Bonchev–Trinajstić information content (AvgIpc) is 3.33. The Morgan fingerprint density at radius 3 is 2.61 bits per heavy atom. The van der Waals surface area contributed by atoms with Crippen LogP contribution in [0.4, 0.5) is 0 Å². The predicted molar refractivity (Wildman–Crippen MR) is 118 cm³/mol. The summed E-state index contributed by atoms with van der Waals surface area (Å²) in [7, 11) is 1.59. The first-order chi connectivity index (χ1) is 15.0. The summed E-state index contributed by atoms with van der Waals surface area (Å²) in [6.07, 6.45) is 6.53. The number of terminal acetylenes is 1. The Hall–Kier alpha value is -3.30. The van der Waals surface area contributed by atoms with Gasteiger partial charge in [-0.2, -0.15) is 0 Å². The van der Waals surface area contributed by atoms with Gasteiger partial charge in [-0.1, -0.05) is 55.3 Å². The van der Waals surface area contributed by atoms with Gasteiger partial charge in [0.1, 0.15) is 18.1 Å². The molecule has 0 aromatic heterocycles. The summed E-state index contributed by atoms with van der Waals surface area (Å²) in [5.74, 6) is 3.13. The standard InChI is InChI=1S/C25H27NO5/c1-5-22(18-10-9-13-20(16-18)30-19-11-7-6-8-12-19)31-24(27)23-21(25(23,2)3)17-26-29-15-14-28-4/h1,6-13,16-17,21-23H,14-15H2,2-4H3. The van der Waals surface area contributed by atoms with E-state index in [-0.39, 0.29) is 23.2 Å². The van der Waals surface area contributed by atoms with Crippen LogP contribution in [0.3, 0.4) is 0 Å². The number of hydrogen-bond donors (Lipinski definition) is 0. The van der Waals surface area contributed by atoms with Crippen molar-refractivity contribution in [1.29, 1.82) is 0 Å². The van der Waals surface area contributed by atoms with Gasteiger partial charge >= 0.3 is 5.97 Å². The first-order valence-corrected chi connectivity index (χ1v) is 10.1. The zero-order valence-corrected chi connectivity index (χ0v) is 18.0. The number of esters is 1. The molecule has 0 heterocycles. The predicted octanol–water partition coefficient (Wildman–Crippen LogP) is 4.62. The third-order valence-corrected chi connectivity index (χ3v) is 5.36. The molecule has 6 heteroatoms. The highest BCUT2D eigenvalue weighted by atomic mass is 16.6. The molecule has 0 spiro atoms. The largest absolute Gasteiger partial charge is 0.457 e. The molecule has 0 amide bonds. The maximum atomic E-state index is 12.8. The Balaban J connectivity index is 1.62. The monoisotopic (exact) mass is 421 g/mol. The fourth-order valence-electron chi connectivity index (χ4n) is 3.44. The lowest BCUT2D eigenvalue weighted by Gasteiger charge is -2.15.